The Hall–Kier alpha value is -0.300. The minimum Gasteiger partial charge on any atom is -0.393 e. The first kappa shape index (κ1) is 22.9. The number of allylic oxidation sites excluding steroid dienone is 1. The van der Waals surface area contributed by atoms with Crippen LogP contribution in [-0.4, -0.2) is 11.2 Å². The van der Waals surface area contributed by atoms with E-state index in [9.17, 15) is 5.11 Å². The minimum atomic E-state index is -0.0818. The van der Waals surface area contributed by atoms with Gasteiger partial charge in [0, 0.05) is 0 Å². The molecule has 0 spiro atoms. The second-order valence-electron chi connectivity index (χ2n) is 13.2. The zero-order valence-corrected chi connectivity index (χ0v) is 21.1. The van der Waals surface area contributed by atoms with E-state index in [1.54, 1.807) is 5.57 Å². The van der Waals surface area contributed by atoms with Crippen LogP contribution in [0.2, 0.25) is 0 Å². The van der Waals surface area contributed by atoms with E-state index < -0.39 is 0 Å². The molecule has 0 radical (unpaired) electrons. The second-order valence-corrected chi connectivity index (χ2v) is 13.2. The van der Waals surface area contributed by atoms with Gasteiger partial charge < -0.3 is 5.11 Å². The van der Waals surface area contributed by atoms with Crippen molar-refractivity contribution in [1.82, 2.24) is 0 Å². The summed E-state index contributed by atoms with van der Waals surface area (Å²) in [5.41, 5.74) is 2.57. The fourth-order valence-electron chi connectivity index (χ4n) is 9.24. The van der Waals surface area contributed by atoms with Crippen molar-refractivity contribution in [3.05, 3.63) is 11.6 Å². The maximum absolute atomic E-state index is 10.2. The van der Waals surface area contributed by atoms with E-state index in [0.29, 0.717) is 10.8 Å². The van der Waals surface area contributed by atoms with Crippen LogP contribution in [0.5, 0.6) is 0 Å². The van der Waals surface area contributed by atoms with Crippen LogP contribution >= 0.6 is 0 Å². The highest BCUT2D eigenvalue weighted by atomic mass is 16.3. The van der Waals surface area contributed by atoms with Crippen LogP contribution in [0.25, 0.3) is 0 Å². The first-order valence-electron chi connectivity index (χ1n) is 13.5. The normalized spacial score (nSPS) is 46.4. The molecule has 4 aliphatic carbocycles. The zero-order chi connectivity index (χ0) is 21.8. The van der Waals surface area contributed by atoms with E-state index in [1.807, 2.05) is 0 Å². The largest absolute Gasteiger partial charge is 0.393 e. The Balaban J connectivity index is 1.50. The van der Waals surface area contributed by atoms with Crippen LogP contribution in [0.4, 0.5) is 0 Å². The van der Waals surface area contributed by atoms with Crippen molar-refractivity contribution in [2.24, 2.45) is 58.2 Å². The number of aliphatic hydroxyl groups is 1. The average molecular weight is 415 g/mol. The molecule has 0 aromatic carbocycles. The van der Waals surface area contributed by atoms with Crippen LogP contribution in [0, 0.1) is 58.2 Å². The molecule has 0 aromatic heterocycles. The molecular formula is C29H50O. The van der Waals surface area contributed by atoms with E-state index in [4.69, 9.17) is 0 Å². The molecule has 0 saturated heterocycles. The maximum atomic E-state index is 10.2. The van der Waals surface area contributed by atoms with Crippen molar-refractivity contribution < 1.29 is 5.11 Å². The summed E-state index contributed by atoms with van der Waals surface area (Å²) in [5, 5.41) is 10.2. The molecule has 4 rings (SSSR count). The van der Waals surface area contributed by atoms with Crippen molar-refractivity contribution >= 4 is 0 Å². The van der Waals surface area contributed by atoms with Gasteiger partial charge in [0.2, 0.25) is 0 Å². The molecule has 10 atom stereocenters. The summed E-state index contributed by atoms with van der Waals surface area (Å²) in [6.07, 6.45) is 14.2. The van der Waals surface area contributed by atoms with E-state index >= 15 is 0 Å². The molecule has 0 amide bonds. The van der Waals surface area contributed by atoms with E-state index in [2.05, 4.69) is 54.5 Å². The summed E-state index contributed by atoms with van der Waals surface area (Å²) in [6, 6.07) is 0. The summed E-state index contributed by atoms with van der Waals surface area (Å²) in [5.74, 6) is 6.97. The van der Waals surface area contributed by atoms with Crippen molar-refractivity contribution in [2.45, 2.75) is 112 Å². The van der Waals surface area contributed by atoms with Crippen LogP contribution < -0.4 is 0 Å². The number of rotatable bonds is 5. The highest BCUT2D eigenvalue weighted by molar-refractivity contribution is 5.25. The first-order chi connectivity index (χ1) is 14.1. The van der Waals surface area contributed by atoms with Gasteiger partial charge >= 0.3 is 0 Å². The molecule has 0 bridgehead atoms. The summed E-state index contributed by atoms with van der Waals surface area (Å²) in [4.78, 5) is 0. The lowest BCUT2D eigenvalue weighted by molar-refractivity contribution is -0.0584. The zero-order valence-electron chi connectivity index (χ0n) is 21.1. The Morgan fingerprint density at radius 2 is 1.70 bits per heavy atom. The molecule has 2 unspecified atom stereocenters. The summed E-state index contributed by atoms with van der Waals surface area (Å²) < 4.78 is 0. The molecule has 0 aliphatic heterocycles. The first-order valence-corrected chi connectivity index (χ1v) is 13.5. The maximum Gasteiger partial charge on any atom is 0.0577 e. The number of hydrogen-bond donors (Lipinski definition) is 1. The third-order valence-corrected chi connectivity index (χ3v) is 11.5. The molecule has 1 heteroatoms. The molecule has 0 aromatic rings. The fourth-order valence-corrected chi connectivity index (χ4v) is 9.24. The standard InChI is InChI=1S/C29H50O/c1-18(2)21(5)19(3)16-20(4)25-10-11-26-24-9-8-22-17-23(30)12-14-28(22,6)27(24)13-15-29(25,26)7/h8,18-21,23-27,30H,9-17H2,1-7H3/t19?,20-,21?,23+,24+,25-,26+,27+,28+,29-/m1/s1. The van der Waals surface area contributed by atoms with Gasteiger partial charge in [0.1, 0.15) is 0 Å². The second kappa shape index (κ2) is 8.24. The van der Waals surface area contributed by atoms with Gasteiger partial charge in [-0.15, -0.1) is 0 Å². The van der Waals surface area contributed by atoms with Crippen LogP contribution in [0.3, 0.4) is 0 Å². The summed E-state index contributed by atoms with van der Waals surface area (Å²) in [6.45, 7) is 17.6. The Kier molecular flexibility index (Phi) is 6.28. The van der Waals surface area contributed by atoms with Crippen molar-refractivity contribution in [3.63, 3.8) is 0 Å². The van der Waals surface area contributed by atoms with Crippen LogP contribution in [0.15, 0.2) is 11.6 Å². The third-order valence-electron chi connectivity index (χ3n) is 11.5. The smallest absolute Gasteiger partial charge is 0.0577 e. The van der Waals surface area contributed by atoms with Crippen molar-refractivity contribution in [3.8, 4) is 0 Å². The minimum absolute atomic E-state index is 0.0818. The summed E-state index contributed by atoms with van der Waals surface area (Å²) in [7, 11) is 0. The SMILES string of the molecule is CC(C)C(C)C(C)C[C@@H](C)[C@H]1CC[C@H]2[C@@H]3CC=C4C[C@@H](O)CC[C@]4(C)[C@H]3CC[C@]12C. The van der Waals surface area contributed by atoms with Gasteiger partial charge in [0.15, 0.2) is 0 Å². The Labute approximate surface area is 187 Å². The topological polar surface area (TPSA) is 20.2 Å². The summed E-state index contributed by atoms with van der Waals surface area (Å²) >= 11 is 0. The molecule has 1 N–H and O–H groups in total. The average Bonchev–Trinajstić information content (AvgIpc) is 3.05. The van der Waals surface area contributed by atoms with E-state index in [1.165, 1.54) is 44.9 Å². The lowest BCUT2D eigenvalue weighted by Gasteiger charge is -2.58. The van der Waals surface area contributed by atoms with E-state index in [0.717, 1.165) is 60.2 Å². The molecule has 30 heavy (non-hydrogen) atoms. The van der Waals surface area contributed by atoms with Gasteiger partial charge in [0.25, 0.3) is 0 Å². The molecular weight excluding hydrogens is 364 g/mol. The molecule has 0 heterocycles. The number of aliphatic hydroxyl groups excluding tert-OH is 1. The monoisotopic (exact) mass is 414 g/mol. The number of fused-ring (bicyclic) bond motifs is 5. The van der Waals surface area contributed by atoms with Crippen molar-refractivity contribution in [2.75, 3.05) is 0 Å². The van der Waals surface area contributed by atoms with Crippen LogP contribution in [0.1, 0.15) is 106 Å². The number of hydrogen-bond acceptors (Lipinski definition) is 1. The Morgan fingerprint density at radius 1 is 0.967 bits per heavy atom. The van der Waals surface area contributed by atoms with Gasteiger partial charge in [0.05, 0.1) is 6.10 Å². The Bertz CT molecular complexity index is 649. The van der Waals surface area contributed by atoms with Gasteiger partial charge in [-0.3, -0.25) is 0 Å². The predicted octanol–water partition coefficient (Wildman–Crippen LogP) is 7.88. The lowest BCUT2D eigenvalue weighted by Crippen LogP contribution is -2.50. The predicted molar refractivity (Wildman–Crippen MR) is 128 cm³/mol. The van der Waals surface area contributed by atoms with Crippen LogP contribution in [-0.2, 0) is 0 Å². The highest BCUT2D eigenvalue weighted by Crippen LogP contribution is 2.67. The Morgan fingerprint density at radius 3 is 2.40 bits per heavy atom. The quantitative estimate of drug-likeness (QED) is 0.454. The van der Waals surface area contributed by atoms with E-state index in [-0.39, 0.29) is 6.10 Å². The van der Waals surface area contributed by atoms with Gasteiger partial charge in [-0.05, 0) is 116 Å². The molecule has 3 saturated carbocycles. The van der Waals surface area contributed by atoms with Gasteiger partial charge in [-0.1, -0.05) is 60.1 Å². The molecule has 3 fully saturated rings. The van der Waals surface area contributed by atoms with Crippen molar-refractivity contribution in [1.29, 1.82) is 0 Å². The third kappa shape index (κ3) is 3.64. The molecule has 4 aliphatic rings. The molecule has 1 nitrogen and oxygen atoms in total. The van der Waals surface area contributed by atoms with Gasteiger partial charge in [-0.2, -0.15) is 0 Å². The fraction of sp³-hybridized carbons (Fsp3) is 0.931. The highest BCUT2D eigenvalue weighted by Gasteiger charge is 2.59. The lowest BCUT2D eigenvalue weighted by atomic mass is 9.47. The molecule has 172 valence electrons. The van der Waals surface area contributed by atoms with Gasteiger partial charge in [-0.25, -0.2) is 0 Å².